The molecule has 3 N–H and O–H groups in total. The minimum Gasteiger partial charge on any atom is -0.382 e. The second-order valence-corrected chi connectivity index (χ2v) is 23.0. The molecule has 4 aromatic rings. The van der Waals surface area contributed by atoms with Crippen molar-refractivity contribution >= 4 is 57.8 Å². The van der Waals surface area contributed by atoms with E-state index in [0.717, 1.165) is 115 Å². The van der Waals surface area contributed by atoms with Crippen LogP contribution in [0.15, 0.2) is 54.9 Å². The van der Waals surface area contributed by atoms with Crippen LogP contribution in [-0.2, 0) is 29.4 Å². The molecule has 1 spiro atoms. The Morgan fingerprint density at radius 2 is 1.39 bits per heavy atom. The van der Waals surface area contributed by atoms with Crippen molar-refractivity contribution in [2.75, 3.05) is 54.8 Å². The van der Waals surface area contributed by atoms with Crippen LogP contribution in [0.4, 0.5) is 17.2 Å². The summed E-state index contributed by atoms with van der Waals surface area (Å²) in [7, 11) is 0. The summed E-state index contributed by atoms with van der Waals surface area (Å²) in [4.78, 5) is 86.3. The number of hydrogen-bond acceptors (Lipinski definition) is 10. The number of imide groups is 1. The lowest BCUT2D eigenvalue weighted by molar-refractivity contribution is -0.144. The van der Waals surface area contributed by atoms with Crippen molar-refractivity contribution < 1.29 is 24.0 Å². The van der Waals surface area contributed by atoms with Gasteiger partial charge in [0.2, 0.25) is 29.5 Å². The average molecular weight is 977 g/mol. The van der Waals surface area contributed by atoms with Gasteiger partial charge >= 0.3 is 0 Å². The first-order valence-electron chi connectivity index (χ1n) is 27.6. The molecule has 0 unspecified atom stereocenters. The van der Waals surface area contributed by atoms with Crippen LogP contribution in [0.3, 0.4) is 0 Å². The molecule has 0 radical (unpaired) electrons. The number of benzene rings is 2. The van der Waals surface area contributed by atoms with Crippen molar-refractivity contribution in [2.45, 2.75) is 165 Å². The fourth-order valence-electron chi connectivity index (χ4n) is 13.6. The van der Waals surface area contributed by atoms with Gasteiger partial charge in [0.05, 0.1) is 28.9 Å². The van der Waals surface area contributed by atoms with E-state index < -0.39 is 5.41 Å². The molecule has 15 nitrogen and oxygen atoms in total. The third kappa shape index (κ3) is 8.84. The summed E-state index contributed by atoms with van der Waals surface area (Å²) in [5.74, 6) is 0.629. The maximum Gasteiger partial charge on any atom is 0.238 e. The van der Waals surface area contributed by atoms with Gasteiger partial charge in [-0.25, -0.2) is 9.97 Å². The van der Waals surface area contributed by atoms with Crippen molar-refractivity contribution in [2.24, 2.45) is 11.8 Å². The molecule has 3 aliphatic carbocycles. The maximum atomic E-state index is 15.2. The maximum absolute atomic E-state index is 15.2. The number of pyridine rings is 1. The van der Waals surface area contributed by atoms with E-state index in [1.165, 1.54) is 19.3 Å². The van der Waals surface area contributed by atoms with Gasteiger partial charge in [0.25, 0.3) is 0 Å². The molecule has 72 heavy (non-hydrogen) atoms. The van der Waals surface area contributed by atoms with Crippen LogP contribution in [0.2, 0.25) is 0 Å². The van der Waals surface area contributed by atoms with Gasteiger partial charge in [-0.3, -0.25) is 29.3 Å². The minimum absolute atomic E-state index is 0.00199. The molecule has 5 aliphatic heterocycles. The number of hydrogen-bond donors (Lipinski definition) is 3. The fraction of sp³-hybridized carbons (Fsp3) is 0.596. The standard InChI is InChI=1S/C57H72N10O5/c1-35(2)66-34-58-48-33-47(61-52(51(48)66)60-42-15-16-42)39-10-18-46-49(30-39)67(44-31-43(32-44)63-24-4-3-5-25-63)56(72)57(46)22-28-65(29-23-57)55(71)38-20-26-64(27-21-38)54(70)37-8-13-41(14-9-37)59-40-11-6-36(7-12-40)45-17-19-50(68)62-53(45)69/h6-7,10-12,18,30,33-35,37-38,41-45,59H,3-5,8-9,13-17,19-29,31-32H2,1-2H3,(H,60,61)(H,62,68,69)/t37?,41?,43?,44?,45-/m1/s1. The highest BCUT2D eigenvalue weighted by Gasteiger charge is 2.56. The second-order valence-electron chi connectivity index (χ2n) is 23.0. The largest absolute Gasteiger partial charge is 0.382 e. The first-order valence-corrected chi connectivity index (χ1v) is 27.6. The van der Waals surface area contributed by atoms with Crippen LogP contribution in [-0.4, -0.2) is 122 Å². The fourth-order valence-corrected chi connectivity index (χ4v) is 13.6. The lowest BCUT2D eigenvalue weighted by atomic mass is 9.73. The highest BCUT2D eigenvalue weighted by atomic mass is 16.2. The number of carbonyl (C=O) groups excluding carboxylic acids is 5. The number of imidazole rings is 1. The molecule has 4 saturated heterocycles. The molecule has 1 atom stereocenters. The van der Waals surface area contributed by atoms with Crippen molar-refractivity contribution in [1.29, 1.82) is 0 Å². The van der Waals surface area contributed by atoms with Gasteiger partial charge in [0.1, 0.15) is 5.52 Å². The van der Waals surface area contributed by atoms with Crippen molar-refractivity contribution in [1.82, 2.24) is 34.6 Å². The number of carbonyl (C=O) groups is 5. The normalized spacial score (nSPS) is 27.0. The van der Waals surface area contributed by atoms with Gasteiger partial charge in [-0.15, -0.1) is 0 Å². The third-order valence-electron chi connectivity index (χ3n) is 18.2. The van der Waals surface area contributed by atoms with E-state index in [-0.39, 0.29) is 65.4 Å². The smallest absolute Gasteiger partial charge is 0.238 e. The molecular formula is C57H72N10O5. The first kappa shape index (κ1) is 47.2. The number of anilines is 3. The average Bonchev–Trinajstić information content (AvgIpc) is 4.05. The highest BCUT2D eigenvalue weighted by molar-refractivity contribution is 6.09. The van der Waals surface area contributed by atoms with Crippen molar-refractivity contribution in [3.05, 3.63) is 66.0 Å². The number of rotatable bonds is 11. The van der Waals surface area contributed by atoms with Gasteiger partial charge in [-0.1, -0.05) is 30.7 Å². The van der Waals surface area contributed by atoms with Gasteiger partial charge in [0.15, 0.2) is 5.82 Å². The van der Waals surface area contributed by atoms with Crippen molar-refractivity contribution in [3.63, 3.8) is 0 Å². The summed E-state index contributed by atoms with van der Waals surface area (Å²) < 4.78 is 2.20. The Bertz CT molecular complexity index is 2730. The summed E-state index contributed by atoms with van der Waals surface area (Å²) in [6, 6.07) is 18.3. The van der Waals surface area contributed by atoms with E-state index in [9.17, 15) is 19.2 Å². The quantitative estimate of drug-likeness (QED) is 0.126. The lowest BCUT2D eigenvalue weighted by Crippen LogP contribution is -2.58. The third-order valence-corrected chi connectivity index (χ3v) is 18.2. The molecule has 7 fully saturated rings. The molecule has 0 bridgehead atoms. The summed E-state index contributed by atoms with van der Waals surface area (Å²) in [5.41, 5.74) is 7.17. The van der Waals surface area contributed by atoms with E-state index in [1.807, 2.05) is 40.4 Å². The predicted molar refractivity (Wildman–Crippen MR) is 277 cm³/mol. The number of nitrogens with zero attached hydrogens (tertiary/aromatic N) is 7. The Morgan fingerprint density at radius 3 is 2.07 bits per heavy atom. The Morgan fingerprint density at radius 1 is 0.722 bits per heavy atom. The van der Waals surface area contributed by atoms with Crippen LogP contribution in [0.1, 0.15) is 146 Å². The molecule has 5 amide bonds. The minimum atomic E-state index is -0.667. The Balaban J connectivity index is 0.681. The SMILES string of the molecule is CC(C)n1cnc2cc(-c3ccc4c(c3)N(C3CC(N5CCCCC5)C3)C(=O)C43CCN(C(=O)C4CCN(C(=O)C5CCC(Nc6ccc([C@H]7CCC(=O)NC7=O)cc6)CC5)CC4)CC3)nc(NC3CC3)c21. The molecule has 380 valence electrons. The second kappa shape index (κ2) is 19.2. The summed E-state index contributed by atoms with van der Waals surface area (Å²) in [6.45, 7) is 8.97. The van der Waals surface area contributed by atoms with Gasteiger partial charge in [-0.05, 0) is 159 Å². The van der Waals surface area contributed by atoms with E-state index in [1.54, 1.807) is 0 Å². The Kier molecular flexibility index (Phi) is 12.6. The molecule has 8 aliphatic rings. The number of aromatic nitrogens is 3. The van der Waals surface area contributed by atoms with Crippen LogP contribution in [0.5, 0.6) is 0 Å². The number of piperidine rings is 4. The monoisotopic (exact) mass is 977 g/mol. The Hall–Kier alpha value is -5.83. The summed E-state index contributed by atoms with van der Waals surface area (Å²) in [5, 5.41) is 9.79. The first-order chi connectivity index (χ1) is 35.0. The summed E-state index contributed by atoms with van der Waals surface area (Å²) >= 11 is 0. The van der Waals surface area contributed by atoms with Gasteiger partial charge in [-0.2, -0.15) is 0 Å². The highest BCUT2D eigenvalue weighted by Crippen LogP contribution is 2.52. The molecule has 15 heteroatoms. The predicted octanol–water partition coefficient (Wildman–Crippen LogP) is 7.91. The van der Waals surface area contributed by atoms with Crippen LogP contribution in [0.25, 0.3) is 22.3 Å². The zero-order valence-corrected chi connectivity index (χ0v) is 42.3. The van der Waals surface area contributed by atoms with E-state index in [2.05, 4.69) is 68.4 Å². The Labute approximate surface area is 423 Å². The number of fused-ring (bicyclic) bond motifs is 3. The molecular weight excluding hydrogens is 905 g/mol. The van der Waals surface area contributed by atoms with Crippen molar-refractivity contribution in [3.8, 4) is 11.3 Å². The topological polar surface area (TPSA) is 165 Å². The molecule has 2 aromatic heterocycles. The van der Waals surface area contributed by atoms with Crippen LogP contribution in [0, 0.1) is 11.8 Å². The number of nitrogens with one attached hydrogen (secondary N) is 3. The van der Waals surface area contributed by atoms with Crippen LogP contribution < -0.4 is 20.9 Å². The van der Waals surface area contributed by atoms with Gasteiger partial charge < -0.3 is 34.8 Å². The molecule has 3 saturated carbocycles. The molecule has 12 rings (SSSR count). The van der Waals surface area contributed by atoms with Crippen LogP contribution >= 0.6 is 0 Å². The van der Waals surface area contributed by atoms with Gasteiger partial charge in [0, 0.05) is 91.6 Å². The lowest BCUT2D eigenvalue weighted by Gasteiger charge is -2.48. The molecule has 2 aromatic carbocycles. The number of amides is 5. The molecule has 7 heterocycles. The van der Waals surface area contributed by atoms with E-state index in [4.69, 9.17) is 9.97 Å². The van der Waals surface area contributed by atoms with E-state index in [0.29, 0.717) is 76.8 Å². The van der Waals surface area contributed by atoms with E-state index >= 15 is 4.79 Å². The number of likely N-dealkylation sites (tertiary alicyclic amines) is 3. The zero-order valence-electron chi connectivity index (χ0n) is 42.3. The summed E-state index contributed by atoms with van der Waals surface area (Å²) in [6.07, 6.45) is 16.9. The zero-order chi connectivity index (χ0) is 49.3.